The smallest absolute Gasteiger partial charge is 0.0593 e. The first kappa shape index (κ1) is 6.05. The topological polar surface area (TPSA) is 9.23 Å². The summed E-state index contributed by atoms with van der Waals surface area (Å²) in [6, 6.07) is 0. The third-order valence-electron chi connectivity index (χ3n) is 2.11. The molecule has 0 amide bonds. The van der Waals surface area contributed by atoms with E-state index in [2.05, 4.69) is 11.8 Å². The van der Waals surface area contributed by atoms with Crippen LogP contribution in [0.25, 0.3) is 0 Å². The molecule has 2 atom stereocenters. The molecule has 0 aromatic rings. The van der Waals surface area contributed by atoms with Gasteiger partial charge in [0.25, 0.3) is 0 Å². The summed E-state index contributed by atoms with van der Waals surface area (Å²) in [4.78, 5) is 0. The van der Waals surface area contributed by atoms with E-state index in [1.807, 2.05) is 0 Å². The molecule has 2 rings (SSSR count). The van der Waals surface area contributed by atoms with Crippen LogP contribution in [0.5, 0.6) is 0 Å². The van der Waals surface area contributed by atoms with Crippen molar-refractivity contribution in [3.8, 4) is 0 Å². The van der Waals surface area contributed by atoms with Crippen molar-refractivity contribution in [2.24, 2.45) is 0 Å². The van der Waals surface area contributed by atoms with Gasteiger partial charge < -0.3 is 4.74 Å². The zero-order valence-corrected chi connectivity index (χ0v) is 6.32. The quantitative estimate of drug-likeness (QED) is 0.511. The lowest BCUT2D eigenvalue weighted by Crippen LogP contribution is -2.31. The van der Waals surface area contributed by atoms with Gasteiger partial charge in [-0.3, -0.25) is 0 Å². The highest BCUT2D eigenvalue weighted by atomic mass is 32.2. The molecule has 2 bridgehead atoms. The van der Waals surface area contributed by atoms with Gasteiger partial charge in [-0.25, -0.2) is 0 Å². The van der Waals surface area contributed by atoms with Crippen LogP contribution in [0.3, 0.4) is 0 Å². The molecule has 9 heavy (non-hydrogen) atoms. The molecule has 0 saturated carbocycles. The number of rotatable bonds is 0. The summed E-state index contributed by atoms with van der Waals surface area (Å²) in [6.07, 6.45) is 4.54. The van der Waals surface area contributed by atoms with Crippen LogP contribution in [-0.4, -0.2) is 23.7 Å². The molecule has 0 aromatic heterocycles. The SMILES string of the molecule is C1CC2CC(CCS2)O1. The van der Waals surface area contributed by atoms with Gasteiger partial charge in [0.2, 0.25) is 0 Å². The first-order chi connectivity index (χ1) is 4.45. The summed E-state index contributed by atoms with van der Waals surface area (Å²) in [5, 5.41) is 0.942. The van der Waals surface area contributed by atoms with Gasteiger partial charge in [-0.15, -0.1) is 0 Å². The summed E-state index contributed by atoms with van der Waals surface area (Å²) in [7, 11) is 0. The molecule has 2 aliphatic rings. The van der Waals surface area contributed by atoms with E-state index in [1.165, 1.54) is 25.0 Å². The number of thioether (sulfide) groups is 1. The molecule has 52 valence electrons. The summed E-state index contributed by atoms with van der Waals surface area (Å²) >= 11 is 2.14. The number of hydrogen-bond donors (Lipinski definition) is 0. The minimum atomic E-state index is 0.630. The molecule has 0 aromatic carbocycles. The van der Waals surface area contributed by atoms with Crippen molar-refractivity contribution < 1.29 is 4.74 Å². The fraction of sp³-hybridized carbons (Fsp3) is 1.00. The Morgan fingerprint density at radius 2 is 2.33 bits per heavy atom. The van der Waals surface area contributed by atoms with Crippen molar-refractivity contribution in [2.75, 3.05) is 12.4 Å². The summed E-state index contributed by atoms with van der Waals surface area (Å²) in [6.45, 7) is 1.02. The Morgan fingerprint density at radius 1 is 1.33 bits per heavy atom. The van der Waals surface area contributed by atoms with Crippen LogP contribution in [0.1, 0.15) is 19.3 Å². The second-order valence-corrected chi connectivity index (χ2v) is 4.21. The lowest BCUT2D eigenvalue weighted by molar-refractivity contribution is 0.0142. The summed E-state index contributed by atoms with van der Waals surface area (Å²) < 4.78 is 5.54. The molecule has 0 N–H and O–H groups in total. The van der Waals surface area contributed by atoms with E-state index in [-0.39, 0.29) is 0 Å². The maximum absolute atomic E-state index is 5.54. The molecule has 2 aliphatic heterocycles. The van der Waals surface area contributed by atoms with Crippen molar-refractivity contribution in [3.05, 3.63) is 0 Å². The highest BCUT2D eigenvalue weighted by Gasteiger charge is 2.26. The molecule has 1 nitrogen and oxygen atoms in total. The molecular weight excluding hydrogens is 132 g/mol. The van der Waals surface area contributed by atoms with Gasteiger partial charge in [0.15, 0.2) is 0 Å². The molecular formula is C7H12OS. The van der Waals surface area contributed by atoms with E-state index in [1.54, 1.807) is 0 Å². The monoisotopic (exact) mass is 144 g/mol. The minimum Gasteiger partial charge on any atom is -0.378 e. The standard InChI is InChI=1S/C7H12OS/c1-3-8-6-2-4-9-7(1)5-6/h6-7H,1-5H2. The second kappa shape index (κ2) is 2.51. The maximum atomic E-state index is 5.54. The maximum Gasteiger partial charge on any atom is 0.0593 e. The van der Waals surface area contributed by atoms with E-state index in [0.29, 0.717) is 6.10 Å². The van der Waals surface area contributed by atoms with Crippen molar-refractivity contribution in [2.45, 2.75) is 30.6 Å². The van der Waals surface area contributed by atoms with Crippen LogP contribution in [0.4, 0.5) is 0 Å². The predicted molar refractivity (Wildman–Crippen MR) is 39.8 cm³/mol. The zero-order chi connectivity index (χ0) is 6.10. The number of ether oxygens (including phenoxy) is 1. The average Bonchev–Trinajstić information content (AvgIpc) is 1.88. The largest absolute Gasteiger partial charge is 0.378 e. The van der Waals surface area contributed by atoms with Gasteiger partial charge in [-0.05, 0) is 25.0 Å². The van der Waals surface area contributed by atoms with Crippen molar-refractivity contribution in [1.29, 1.82) is 0 Å². The Labute approximate surface area is 60.2 Å². The van der Waals surface area contributed by atoms with Gasteiger partial charge in [0.1, 0.15) is 0 Å². The fourth-order valence-corrected chi connectivity index (χ4v) is 2.91. The van der Waals surface area contributed by atoms with E-state index in [9.17, 15) is 0 Å². The van der Waals surface area contributed by atoms with E-state index in [0.717, 1.165) is 11.9 Å². The van der Waals surface area contributed by atoms with Gasteiger partial charge in [-0.1, -0.05) is 0 Å². The normalized spacial score (nSPS) is 42.7. The van der Waals surface area contributed by atoms with E-state index < -0.39 is 0 Å². The summed E-state index contributed by atoms with van der Waals surface area (Å²) in [5.74, 6) is 1.33. The third-order valence-corrected chi connectivity index (χ3v) is 3.48. The highest BCUT2D eigenvalue weighted by molar-refractivity contribution is 7.99. The minimum absolute atomic E-state index is 0.630. The number of hydrogen-bond acceptors (Lipinski definition) is 2. The van der Waals surface area contributed by atoms with Crippen molar-refractivity contribution in [3.63, 3.8) is 0 Å². The second-order valence-electron chi connectivity index (χ2n) is 2.80. The third kappa shape index (κ3) is 1.24. The Bertz CT molecular complexity index is 85.1. The first-order valence-electron chi connectivity index (χ1n) is 3.68. The molecule has 0 spiro atoms. The van der Waals surface area contributed by atoms with Crippen LogP contribution in [0.2, 0.25) is 0 Å². The van der Waals surface area contributed by atoms with E-state index in [4.69, 9.17) is 4.74 Å². The van der Waals surface area contributed by atoms with Gasteiger partial charge in [-0.2, -0.15) is 11.8 Å². The van der Waals surface area contributed by atoms with Gasteiger partial charge >= 0.3 is 0 Å². The van der Waals surface area contributed by atoms with Crippen molar-refractivity contribution in [1.82, 2.24) is 0 Å². The number of fused-ring (bicyclic) bond motifs is 2. The van der Waals surface area contributed by atoms with Crippen LogP contribution in [0, 0.1) is 0 Å². The highest BCUT2D eigenvalue weighted by Crippen LogP contribution is 2.32. The van der Waals surface area contributed by atoms with Gasteiger partial charge in [0, 0.05) is 11.9 Å². The predicted octanol–water partition coefficient (Wildman–Crippen LogP) is 1.67. The van der Waals surface area contributed by atoms with Crippen LogP contribution in [0.15, 0.2) is 0 Å². The van der Waals surface area contributed by atoms with Crippen molar-refractivity contribution >= 4 is 11.8 Å². The Morgan fingerprint density at radius 3 is 3.11 bits per heavy atom. The Kier molecular flexibility index (Phi) is 1.68. The Hall–Kier alpha value is 0.310. The molecule has 0 aliphatic carbocycles. The fourth-order valence-electron chi connectivity index (χ4n) is 1.56. The zero-order valence-electron chi connectivity index (χ0n) is 5.51. The Balaban J connectivity index is 1.96. The molecule has 2 heterocycles. The molecule has 0 radical (unpaired) electrons. The van der Waals surface area contributed by atoms with Gasteiger partial charge in [0.05, 0.1) is 6.10 Å². The lowest BCUT2D eigenvalue weighted by atomic mass is 10.1. The van der Waals surface area contributed by atoms with Crippen LogP contribution < -0.4 is 0 Å². The van der Waals surface area contributed by atoms with E-state index >= 15 is 0 Å². The average molecular weight is 144 g/mol. The molecule has 2 fully saturated rings. The molecule has 2 saturated heterocycles. The molecule has 2 heteroatoms. The van der Waals surface area contributed by atoms with Crippen LogP contribution >= 0.6 is 11.8 Å². The summed E-state index contributed by atoms with van der Waals surface area (Å²) in [5.41, 5.74) is 0. The lowest BCUT2D eigenvalue weighted by Gasteiger charge is -2.33. The first-order valence-corrected chi connectivity index (χ1v) is 4.73. The molecule has 2 unspecified atom stereocenters. The van der Waals surface area contributed by atoms with Crippen LogP contribution in [-0.2, 0) is 4.74 Å².